The van der Waals surface area contributed by atoms with Crippen molar-refractivity contribution in [3.63, 3.8) is 0 Å². The first-order valence-corrected chi connectivity index (χ1v) is 24.1. The summed E-state index contributed by atoms with van der Waals surface area (Å²) in [5.74, 6) is 0. The van der Waals surface area contributed by atoms with Crippen molar-refractivity contribution in [3.05, 3.63) is 178 Å². The molecule has 2 aliphatic heterocycles. The molecule has 0 saturated carbocycles. The van der Waals surface area contributed by atoms with Gasteiger partial charge in [-0.1, -0.05) is 137 Å². The maximum Gasteiger partial charge on any atom is 0.252 e. The van der Waals surface area contributed by atoms with Gasteiger partial charge < -0.3 is 14.7 Å². The fourth-order valence-corrected chi connectivity index (χ4v) is 13.2. The molecule has 2 heterocycles. The van der Waals surface area contributed by atoms with E-state index in [4.69, 9.17) is 4.11 Å². The van der Waals surface area contributed by atoms with Crippen molar-refractivity contribution >= 4 is 74.3 Å². The maximum atomic E-state index is 9.12. The second kappa shape index (κ2) is 14.3. The zero-order chi connectivity index (χ0) is 49.0. The van der Waals surface area contributed by atoms with Crippen LogP contribution in [0, 0.1) is 13.8 Å². The summed E-state index contributed by atoms with van der Waals surface area (Å²) in [6.45, 7) is 25.5. The number of para-hydroxylation sites is 2. The number of anilines is 9. The van der Waals surface area contributed by atoms with Gasteiger partial charge in [0.15, 0.2) is 0 Å². The fraction of sp³-hybridized carbons (Fsp3) is 0.323. The summed E-state index contributed by atoms with van der Waals surface area (Å²) >= 11 is 0. The smallest absolute Gasteiger partial charge is 0.252 e. The minimum Gasteiger partial charge on any atom is -0.311 e. The van der Waals surface area contributed by atoms with Gasteiger partial charge in [0.2, 0.25) is 0 Å². The van der Waals surface area contributed by atoms with Crippen LogP contribution in [0.3, 0.4) is 0 Å². The lowest BCUT2D eigenvalue weighted by Crippen LogP contribution is -2.61. The van der Waals surface area contributed by atoms with E-state index >= 15 is 0 Å². The van der Waals surface area contributed by atoms with Crippen LogP contribution in [0.4, 0.5) is 51.2 Å². The topological polar surface area (TPSA) is 9.72 Å². The van der Waals surface area contributed by atoms with Gasteiger partial charge in [0.25, 0.3) is 6.71 Å². The monoisotopic (exact) mass is 867 g/mol. The first kappa shape index (κ1) is 39.2. The summed E-state index contributed by atoms with van der Waals surface area (Å²) in [5, 5.41) is 0. The van der Waals surface area contributed by atoms with E-state index in [1.165, 1.54) is 38.7 Å². The Morgan fingerprint density at radius 1 is 0.500 bits per heavy atom. The summed E-state index contributed by atoms with van der Waals surface area (Å²) in [6, 6.07) is 51.3. The van der Waals surface area contributed by atoms with E-state index in [2.05, 4.69) is 225 Å². The number of fused-ring (bicyclic) bond motifs is 6. The third-order valence-corrected chi connectivity index (χ3v) is 15.7. The Labute approximate surface area is 399 Å². The van der Waals surface area contributed by atoms with E-state index in [-0.39, 0.29) is 33.8 Å². The van der Waals surface area contributed by atoms with Crippen molar-refractivity contribution in [1.29, 1.82) is 0 Å². The first-order chi connectivity index (χ1) is 32.4. The SMILES string of the molecule is [2H]C([2H])([2H])c1cc2c3c(c1)N(c1ccc(C(C)(C)C)cc1C)c1ccc(N(c4ccccc4)c4ccccc4)cc1B3c1cc3c(cc1N2c1ccc2c(c1)C(C)(C)CC2(C)C)C(C)(C)CC3(C)C. The maximum absolute atomic E-state index is 9.12. The summed E-state index contributed by atoms with van der Waals surface area (Å²) in [7, 11) is 0. The quantitative estimate of drug-likeness (QED) is 0.160. The predicted octanol–water partition coefficient (Wildman–Crippen LogP) is 15.1. The standard InChI is InChI=1S/C62H66BN3/c1-39-30-55-57-56(31-39)66(52-28-24-41(32-40(52)2)58(3,4)5)53-29-26-45(64(42-20-16-14-17-21-42)43-22-18-15-19-23-43)34-50(53)63(57)51-35-48-49(62(12,13)38-61(48,10)11)36-54(51)65(55)44-25-27-46-47(33-44)60(8,9)37-59(46,6)7/h14-36H,37-38H2,1-13H3/i1D3. The molecule has 0 radical (unpaired) electrons. The van der Waals surface area contributed by atoms with Crippen LogP contribution in [0.15, 0.2) is 140 Å². The van der Waals surface area contributed by atoms with Crippen molar-refractivity contribution in [2.45, 2.75) is 130 Å². The van der Waals surface area contributed by atoms with Crippen LogP contribution in [0.1, 0.15) is 132 Å². The Bertz CT molecular complexity index is 3190. The number of rotatable bonds is 5. The van der Waals surface area contributed by atoms with E-state index in [1.807, 2.05) is 12.1 Å². The fourth-order valence-electron chi connectivity index (χ4n) is 13.2. The number of hydrogen-bond donors (Lipinski definition) is 0. The molecule has 0 N–H and O–H groups in total. The Hall–Kier alpha value is -6.00. The molecular formula is C62H66BN3. The van der Waals surface area contributed by atoms with Gasteiger partial charge in [-0.3, -0.25) is 0 Å². The van der Waals surface area contributed by atoms with Crippen molar-refractivity contribution in [2.75, 3.05) is 14.7 Å². The number of aryl methyl sites for hydroxylation is 2. The predicted molar refractivity (Wildman–Crippen MR) is 285 cm³/mol. The van der Waals surface area contributed by atoms with Gasteiger partial charge in [-0.15, -0.1) is 0 Å². The molecule has 332 valence electrons. The minimum absolute atomic E-state index is 0.0355. The van der Waals surface area contributed by atoms with Gasteiger partial charge in [-0.25, -0.2) is 0 Å². The van der Waals surface area contributed by atoms with E-state index in [0.29, 0.717) is 5.56 Å². The molecule has 0 spiro atoms. The van der Waals surface area contributed by atoms with Crippen LogP contribution in [0.2, 0.25) is 0 Å². The highest BCUT2D eigenvalue weighted by Crippen LogP contribution is 2.55. The second-order valence-electron chi connectivity index (χ2n) is 23.6. The second-order valence-corrected chi connectivity index (χ2v) is 23.6. The highest BCUT2D eigenvalue weighted by Gasteiger charge is 2.49. The molecule has 7 aromatic carbocycles. The Morgan fingerprint density at radius 2 is 1.05 bits per heavy atom. The molecule has 0 saturated heterocycles. The molecular weight excluding hydrogens is 798 g/mol. The Kier molecular flexibility index (Phi) is 8.47. The number of hydrogen-bond acceptors (Lipinski definition) is 3. The molecule has 4 aliphatic rings. The van der Waals surface area contributed by atoms with Crippen LogP contribution in [0.5, 0.6) is 0 Å². The van der Waals surface area contributed by atoms with Gasteiger partial charge in [0.05, 0.1) is 0 Å². The molecule has 4 heteroatoms. The third kappa shape index (κ3) is 6.45. The van der Waals surface area contributed by atoms with E-state index < -0.39 is 6.85 Å². The van der Waals surface area contributed by atoms with Crippen molar-refractivity contribution in [1.82, 2.24) is 0 Å². The molecule has 0 unspecified atom stereocenters. The number of nitrogens with zero attached hydrogens (tertiary/aromatic N) is 3. The van der Waals surface area contributed by atoms with Crippen LogP contribution in [-0.2, 0) is 27.1 Å². The van der Waals surface area contributed by atoms with Crippen LogP contribution in [0.25, 0.3) is 0 Å². The van der Waals surface area contributed by atoms with Crippen LogP contribution in [-0.4, -0.2) is 6.71 Å². The lowest BCUT2D eigenvalue weighted by atomic mass is 9.33. The molecule has 7 aromatic rings. The summed E-state index contributed by atoms with van der Waals surface area (Å²) < 4.78 is 27.4. The van der Waals surface area contributed by atoms with Crippen molar-refractivity contribution in [3.8, 4) is 0 Å². The van der Waals surface area contributed by atoms with Gasteiger partial charge in [0, 0.05) is 55.3 Å². The summed E-state index contributed by atoms with van der Waals surface area (Å²) in [6.07, 6.45) is 2.09. The third-order valence-electron chi connectivity index (χ3n) is 15.7. The van der Waals surface area contributed by atoms with E-state index in [9.17, 15) is 0 Å². The zero-order valence-corrected chi connectivity index (χ0v) is 41.1. The summed E-state index contributed by atoms with van der Waals surface area (Å²) in [5.41, 5.74) is 21.0. The molecule has 3 nitrogen and oxygen atoms in total. The average Bonchev–Trinajstić information content (AvgIpc) is 3.59. The molecule has 11 rings (SSSR count). The van der Waals surface area contributed by atoms with Crippen molar-refractivity contribution < 1.29 is 4.11 Å². The molecule has 0 fully saturated rings. The Balaban J connectivity index is 1.27. The van der Waals surface area contributed by atoms with Gasteiger partial charge in [-0.05, 0) is 188 Å². The highest BCUT2D eigenvalue weighted by molar-refractivity contribution is 7.00. The molecule has 0 bridgehead atoms. The highest BCUT2D eigenvalue weighted by atomic mass is 15.2. The van der Waals surface area contributed by atoms with E-state index in [0.717, 1.165) is 75.1 Å². The molecule has 0 amide bonds. The van der Waals surface area contributed by atoms with Gasteiger partial charge >= 0.3 is 0 Å². The van der Waals surface area contributed by atoms with Gasteiger partial charge in [0.1, 0.15) is 0 Å². The molecule has 0 atom stereocenters. The first-order valence-electron chi connectivity index (χ1n) is 25.6. The normalized spacial score (nSPS) is 18.6. The zero-order valence-electron chi connectivity index (χ0n) is 44.1. The molecule has 2 aliphatic carbocycles. The number of benzene rings is 7. The Morgan fingerprint density at radius 3 is 1.64 bits per heavy atom. The van der Waals surface area contributed by atoms with Gasteiger partial charge in [-0.2, -0.15) is 0 Å². The minimum atomic E-state index is -2.37. The largest absolute Gasteiger partial charge is 0.311 e. The van der Waals surface area contributed by atoms with E-state index in [1.54, 1.807) is 0 Å². The van der Waals surface area contributed by atoms with Crippen molar-refractivity contribution in [2.24, 2.45) is 0 Å². The van der Waals surface area contributed by atoms with Crippen LogP contribution < -0.4 is 31.1 Å². The van der Waals surface area contributed by atoms with Crippen LogP contribution >= 0.6 is 0 Å². The average molecular weight is 867 g/mol. The lowest BCUT2D eigenvalue weighted by Gasteiger charge is -2.45. The molecule has 66 heavy (non-hydrogen) atoms. The summed E-state index contributed by atoms with van der Waals surface area (Å²) in [4.78, 5) is 7.20. The lowest BCUT2D eigenvalue weighted by molar-refractivity contribution is 0.403. The molecule has 0 aromatic heterocycles.